The summed E-state index contributed by atoms with van der Waals surface area (Å²) in [6.07, 6.45) is 5.35. The van der Waals surface area contributed by atoms with Crippen LogP contribution in [-0.2, 0) is 16.1 Å². The van der Waals surface area contributed by atoms with Gasteiger partial charge in [0.15, 0.2) is 12.0 Å². The van der Waals surface area contributed by atoms with Crippen LogP contribution in [0.2, 0.25) is 0 Å². The van der Waals surface area contributed by atoms with Crippen molar-refractivity contribution in [3.8, 4) is 5.88 Å². The molecule has 0 amide bonds. The first kappa shape index (κ1) is 12.9. The number of nitrogens with zero attached hydrogens (tertiary/aromatic N) is 2. The summed E-state index contributed by atoms with van der Waals surface area (Å²) in [5.74, 6) is 1.51. The number of nitrogens with one attached hydrogen (secondary N) is 1. The third-order valence-corrected chi connectivity index (χ3v) is 3.59. The second-order valence-electron chi connectivity index (χ2n) is 4.93. The van der Waals surface area contributed by atoms with E-state index in [9.17, 15) is 4.79 Å². The van der Waals surface area contributed by atoms with Gasteiger partial charge in [-0.1, -0.05) is 0 Å². The van der Waals surface area contributed by atoms with Gasteiger partial charge in [0.1, 0.15) is 6.33 Å². The third kappa shape index (κ3) is 2.45. The normalized spacial score (nSPS) is 17.9. The number of aldehydes is 1. The topological polar surface area (TPSA) is 73.3 Å². The van der Waals surface area contributed by atoms with E-state index in [-0.39, 0.29) is 0 Å². The van der Waals surface area contributed by atoms with Gasteiger partial charge in [-0.25, -0.2) is 9.97 Å². The molecule has 0 aromatic carbocycles. The zero-order valence-electron chi connectivity index (χ0n) is 11.4. The molecule has 6 heteroatoms. The first-order valence-corrected chi connectivity index (χ1v) is 6.76. The summed E-state index contributed by atoms with van der Waals surface area (Å²) in [6.45, 7) is 1.10. The van der Waals surface area contributed by atoms with Gasteiger partial charge in [-0.05, 0) is 12.8 Å². The van der Waals surface area contributed by atoms with Gasteiger partial charge in [0.05, 0.1) is 30.7 Å². The quantitative estimate of drug-likeness (QED) is 0.788. The summed E-state index contributed by atoms with van der Waals surface area (Å²) >= 11 is 0. The van der Waals surface area contributed by atoms with Crippen molar-refractivity contribution < 1.29 is 14.3 Å². The highest BCUT2D eigenvalue weighted by Crippen LogP contribution is 2.41. The lowest BCUT2D eigenvalue weighted by atomic mass is 10.1. The maximum atomic E-state index is 10.9. The predicted molar refractivity (Wildman–Crippen MR) is 71.1 cm³/mol. The molecule has 3 rings (SSSR count). The van der Waals surface area contributed by atoms with E-state index in [1.807, 2.05) is 0 Å². The van der Waals surface area contributed by atoms with E-state index < -0.39 is 0 Å². The molecule has 6 nitrogen and oxygen atoms in total. The average Bonchev–Trinajstić information content (AvgIpc) is 3.23. The van der Waals surface area contributed by atoms with Gasteiger partial charge >= 0.3 is 0 Å². The fourth-order valence-corrected chi connectivity index (χ4v) is 2.41. The van der Waals surface area contributed by atoms with Crippen LogP contribution in [0.5, 0.6) is 5.88 Å². The Balaban J connectivity index is 1.81. The van der Waals surface area contributed by atoms with Crippen LogP contribution < -0.4 is 10.1 Å². The van der Waals surface area contributed by atoms with Crippen LogP contribution in [-0.4, -0.2) is 30.0 Å². The zero-order valence-corrected chi connectivity index (χ0v) is 11.4. The maximum absolute atomic E-state index is 10.9. The van der Waals surface area contributed by atoms with Crippen molar-refractivity contribution in [2.45, 2.75) is 31.7 Å². The number of methoxy groups -OCH3 is 1. The minimum Gasteiger partial charge on any atom is -0.488 e. The second kappa shape index (κ2) is 5.48. The Labute approximate surface area is 117 Å². The summed E-state index contributed by atoms with van der Waals surface area (Å²) in [5.41, 5.74) is 2.87. The van der Waals surface area contributed by atoms with Crippen LogP contribution in [0.3, 0.4) is 0 Å². The van der Waals surface area contributed by atoms with Crippen LogP contribution in [0, 0.1) is 0 Å². The Morgan fingerprint density at radius 1 is 1.50 bits per heavy atom. The molecule has 1 fully saturated rings. The van der Waals surface area contributed by atoms with Crippen molar-refractivity contribution in [1.29, 1.82) is 0 Å². The van der Waals surface area contributed by atoms with E-state index >= 15 is 0 Å². The van der Waals surface area contributed by atoms with Gasteiger partial charge in [-0.15, -0.1) is 0 Å². The number of aromatic nitrogens is 2. The van der Waals surface area contributed by atoms with Gasteiger partial charge in [-0.3, -0.25) is 4.79 Å². The minimum absolute atomic E-state index is 0.397. The molecule has 1 aromatic heterocycles. The summed E-state index contributed by atoms with van der Waals surface area (Å²) in [7, 11) is 1.61. The van der Waals surface area contributed by atoms with Crippen molar-refractivity contribution in [1.82, 2.24) is 15.3 Å². The molecule has 0 atom stereocenters. The molecule has 2 aliphatic rings. The van der Waals surface area contributed by atoms with Crippen molar-refractivity contribution in [3.05, 3.63) is 29.0 Å². The molecule has 1 N–H and O–H groups in total. The standard InChI is InChI=1S/C14H17N3O3/c1-19-14-10(13(9-2-3-9)16-8-17-14)6-15-11-4-5-20-12(11)7-18/h7-9,15H,2-6H2,1H3. The molecular formula is C14H17N3O3. The molecule has 20 heavy (non-hydrogen) atoms. The van der Waals surface area contributed by atoms with Crippen LogP contribution in [0.1, 0.15) is 36.4 Å². The molecule has 0 radical (unpaired) electrons. The third-order valence-electron chi connectivity index (χ3n) is 3.59. The predicted octanol–water partition coefficient (Wildman–Crippen LogP) is 1.28. The number of hydrogen-bond acceptors (Lipinski definition) is 6. The Morgan fingerprint density at radius 2 is 2.35 bits per heavy atom. The van der Waals surface area contributed by atoms with E-state index in [0.717, 1.165) is 29.7 Å². The summed E-state index contributed by atoms with van der Waals surface area (Å²) in [4.78, 5) is 19.4. The Kier molecular flexibility index (Phi) is 3.54. The monoisotopic (exact) mass is 275 g/mol. The molecule has 1 aromatic rings. The molecule has 1 aliphatic carbocycles. The van der Waals surface area contributed by atoms with E-state index in [0.29, 0.717) is 30.7 Å². The van der Waals surface area contributed by atoms with Crippen molar-refractivity contribution in [2.24, 2.45) is 0 Å². The van der Waals surface area contributed by atoms with Crippen LogP contribution >= 0.6 is 0 Å². The molecule has 1 aliphatic heterocycles. The Bertz CT molecular complexity index is 553. The zero-order chi connectivity index (χ0) is 13.9. The van der Waals surface area contributed by atoms with Crippen molar-refractivity contribution in [2.75, 3.05) is 13.7 Å². The molecule has 0 saturated heterocycles. The molecule has 0 spiro atoms. The Hall–Kier alpha value is -2.11. The lowest BCUT2D eigenvalue weighted by Gasteiger charge is -2.13. The summed E-state index contributed by atoms with van der Waals surface area (Å²) < 4.78 is 10.6. The van der Waals surface area contributed by atoms with Crippen LogP contribution in [0.4, 0.5) is 0 Å². The van der Waals surface area contributed by atoms with Gasteiger partial charge < -0.3 is 14.8 Å². The SMILES string of the molecule is COc1ncnc(C2CC2)c1CNC1=C(C=O)OCC1. The van der Waals surface area contributed by atoms with E-state index in [1.165, 1.54) is 12.8 Å². The highest BCUT2D eigenvalue weighted by Gasteiger charge is 2.29. The fraction of sp³-hybridized carbons (Fsp3) is 0.500. The molecule has 1 saturated carbocycles. The number of ether oxygens (including phenoxy) is 2. The molecule has 2 heterocycles. The maximum Gasteiger partial charge on any atom is 0.221 e. The minimum atomic E-state index is 0.397. The van der Waals surface area contributed by atoms with Gasteiger partial charge in [-0.2, -0.15) is 0 Å². The van der Waals surface area contributed by atoms with Crippen molar-refractivity contribution >= 4 is 6.29 Å². The first-order chi connectivity index (χ1) is 9.83. The lowest BCUT2D eigenvalue weighted by molar-refractivity contribution is -0.107. The highest BCUT2D eigenvalue weighted by atomic mass is 16.5. The Morgan fingerprint density at radius 3 is 3.05 bits per heavy atom. The average molecular weight is 275 g/mol. The highest BCUT2D eigenvalue weighted by molar-refractivity contribution is 5.72. The smallest absolute Gasteiger partial charge is 0.221 e. The number of hydrogen-bond donors (Lipinski definition) is 1. The molecular weight excluding hydrogens is 258 g/mol. The fourth-order valence-electron chi connectivity index (χ4n) is 2.41. The van der Waals surface area contributed by atoms with Crippen molar-refractivity contribution in [3.63, 3.8) is 0 Å². The number of rotatable bonds is 6. The summed E-state index contributed by atoms with van der Waals surface area (Å²) in [5, 5.41) is 3.26. The first-order valence-electron chi connectivity index (χ1n) is 6.76. The van der Waals surface area contributed by atoms with Gasteiger partial charge in [0.25, 0.3) is 0 Å². The van der Waals surface area contributed by atoms with Gasteiger partial charge in [0.2, 0.25) is 5.88 Å². The second-order valence-corrected chi connectivity index (χ2v) is 4.93. The van der Waals surface area contributed by atoms with Gasteiger partial charge in [0, 0.05) is 18.9 Å². The van der Waals surface area contributed by atoms with E-state index in [4.69, 9.17) is 9.47 Å². The number of carbonyl (C=O) groups is 1. The number of carbonyl (C=O) groups excluding carboxylic acids is 1. The van der Waals surface area contributed by atoms with E-state index in [1.54, 1.807) is 13.4 Å². The van der Waals surface area contributed by atoms with Crippen LogP contribution in [0.25, 0.3) is 0 Å². The summed E-state index contributed by atoms with van der Waals surface area (Å²) in [6, 6.07) is 0. The molecule has 106 valence electrons. The largest absolute Gasteiger partial charge is 0.488 e. The van der Waals surface area contributed by atoms with Crippen LogP contribution in [0.15, 0.2) is 17.8 Å². The van der Waals surface area contributed by atoms with E-state index in [2.05, 4.69) is 15.3 Å². The molecule has 0 bridgehead atoms. The molecule has 0 unspecified atom stereocenters. The lowest BCUT2D eigenvalue weighted by Crippen LogP contribution is -2.16. The number of allylic oxidation sites excluding steroid dienone is 1.